The third-order valence-corrected chi connectivity index (χ3v) is 4.60. The minimum Gasteiger partial charge on any atom is -0.320 e. The molecule has 0 unspecified atom stereocenters. The van der Waals surface area contributed by atoms with E-state index in [4.69, 9.17) is 5.73 Å². The molecule has 14 heavy (non-hydrogen) atoms. The largest absolute Gasteiger partial charge is 0.320 e. The van der Waals surface area contributed by atoms with E-state index in [9.17, 15) is 0 Å². The lowest BCUT2D eigenvalue weighted by Crippen LogP contribution is -2.44. The van der Waals surface area contributed by atoms with Gasteiger partial charge >= 0.3 is 0 Å². The number of hydrogen-bond acceptors (Lipinski definition) is 1. The predicted molar refractivity (Wildman–Crippen MR) is 57.4 cm³/mol. The van der Waals surface area contributed by atoms with Gasteiger partial charge in [0, 0.05) is 5.92 Å². The van der Waals surface area contributed by atoms with Crippen LogP contribution in [0.15, 0.2) is 0 Å². The van der Waals surface area contributed by atoms with Crippen molar-refractivity contribution in [1.82, 2.24) is 0 Å². The zero-order valence-electron chi connectivity index (χ0n) is 8.71. The van der Waals surface area contributed by atoms with E-state index in [2.05, 4.69) is 11.8 Å². The number of rotatable bonds is 0. The first-order chi connectivity index (χ1) is 6.86. The van der Waals surface area contributed by atoms with Crippen LogP contribution in [0.1, 0.15) is 32.1 Å². The molecular formula is C13H19N. The van der Waals surface area contributed by atoms with Crippen molar-refractivity contribution in [2.24, 2.45) is 35.3 Å². The highest BCUT2D eigenvalue weighted by Crippen LogP contribution is 2.56. The first kappa shape index (κ1) is 8.80. The van der Waals surface area contributed by atoms with Crippen molar-refractivity contribution in [1.29, 1.82) is 0 Å². The van der Waals surface area contributed by atoms with Crippen LogP contribution in [-0.2, 0) is 0 Å². The van der Waals surface area contributed by atoms with E-state index in [1.807, 2.05) is 0 Å². The van der Waals surface area contributed by atoms with E-state index in [0.717, 1.165) is 23.7 Å². The summed E-state index contributed by atoms with van der Waals surface area (Å²) in [4.78, 5) is 0. The third kappa shape index (κ3) is 1.28. The van der Waals surface area contributed by atoms with Gasteiger partial charge in [-0.15, -0.1) is 0 Å². The molecule has 4 aliphatic rings. The van der Waals surface area contributed by atoms with Gasteiger partial charge in [-0.1, -0.05) is 11.8 Å². The highest BCUT2D eigenvalue weighted by molar-refractivity contribution is 5.13. The van der Waals surface area contributed by atoms with Gasteiger partial charge in [-0.3, -0.25) is 0 Å². The first-order valence-corrected chi connectivity index (χ1v) is 6.05. The van der Waals surface area contributed by atoms with E-state index in [1.54, 1.807) is 0 Å². The molecule has 0 heterocycles. The normalized spacial score (nSPS) is 48.8. The SMILES string of the molecule is NCC#CC1C2CC3CC(C2)CC1C3. The maximum atomic E-state index is 5.46. The molecule has 4 rings (SSSR count). The Hall–Kier alpha value is -0.480. The standard InChI is InChI=1S/C13H19N/c14-3-1-2-13-11-5-9-4-10(7-11)8-12(13)6-9/h9-13H,3-8,14H2. The maximum Gasteiger partial charge on any atom is 0.0551 e. The van der Waals surface area contributed by atoms with Crippen LogP contribution in [0.4, 0.5) is 0 Å². The molecule has 4 aliphatic carbocycles. The summed E-state index contributed by atoms with van der Waals surface area (Å²) in [5, 5.41) is 0. The highest BCUT2D eigenvalue weighted by Gasteiger charge is 2.47. The second kappa shape index (κ2) is 3.28. The Balaban J connectivity index is 1.81. The van der Waals surface area contributed by atoms with Crippen molar-refractivity contribution in [3.05, 3.63) is 0 Å². The summed E-state index contributed by atoms with van der Waals surface area (Å²) in [7, 11) is 0. The Bertz CT molecular complexity index is 255. The Morgan fingerprint density at radius 1 is 0.929 bits per heavy atom. The van der Waals surface area contributed by atoms with Gasteiger partial charge in [-0.05, 0) is 55.8 Å². The molecule has 76 valence electrons. The first-order valence-electron chi connectivity index (χ1n) is 6.05. The van der Waals surface area contributed by atoms with Crippen molar-refractivity contribution >= 4 is 0 Å². The van der Waals surface area contributed by atoms with Gasteiger partial charge in [0.15, 0.2) is 0 Å². The minimum atomic E-state index is 0.544. The van der Waals surface area contributed by atoms with Crippen LogP contribution >= 0.6 is 0 Å². The van der Waals surface area contributed by atoms with Gasteiger partial charge < -0.3 is 5.73 Å². The predicted octanol–water partition coefficient (Wildman–Crippen LogP) is 2.02. The van der Waals surface area contributed by atoms with E-state index in [1.165, 1.54) is 32.1 Å². The molecule has 1 heteroatoms. The maximum absolute atomic E-state index is 5.46. The minimum absolute atomic E-state index is 0.544. The average molecular weight is 189 g/mol. The van der Waals surface area contributed by atoms with Crippen LogP contribution in [0.5, 0.6) is 0 Å². The fourth-order valence-corrected chi connectivity index (χ4v) is 4.34. The molecule has 4 saturated carbocycles. The lowest BCUT2D eigenvalue weighted by molar-refractivity contribution is -0.0123. The van der Waals surface area contributed by atoms with Crippen LogP contribution in [0.25, 0.3) is 0 Å². The summed E-state index contributed by atoms with van der Waals surface area (Å²) >= 11 is 0. The topological polar surface area (TPSA) is 26.0 Å². The molecular weight excluding hydrogens is 170 g/mol. The quantitative estimate of drug-likeness (QED) is 0.580. The van der Waals surface area contributed by atoms with E-state index in [0.29, 0.717) is 12.5 Å². The van der Waals surface area contributed by atoms with Crippen molar-refractivity contribution in [3.8, 4) is 11.8 Å². The molecule has 0 spiro atoms. The van der Waals surface area contributed by atoms with Gasteiger partial charge in [0.25, 0.3) is 0 Å². The fourth-order valence-electron chi connectivity index (χ4n) is 4.34. The third-order valence-electron chi connectivity index (χ3n) is 4.60. The second-order valence-corrected chi connectivity index (χ2v) is 5.48. The molecule has 0 aliphatic heterocycles. The van der Waals surface area contributed by atoms with Crippen LogP contribution in [0.2, 0.25) is 0 Å². The molecule has 0 aromatic rings. The molecule has 0 atom stereocenters. The van der Waals surface area contributed by atoms with Crippen molar-refractivity contribution in [3.63, 3.8) is 0 Å². The van der Waals surface area contributed by atoms with Gasteiger partial charge in [0.1, 0.15) is 0 Å². The molecule has 0 amide bonds. The average Bonchev–Trinajstić information content (AvgIpc) is 2.15. The molecule has 4 bridgehead atoms. The zero-order valence-corrected chi connectivity index (χ0v) is 8.71. The monoisotopic (exact) mass is 189 g/mol. The summed E-state index contributed by atoms with van der Waals surface area (Å²) in [6.07, 6.45) is 7.41. The molecule has 2 N–H and O–H groups in total. The van der Waals surface area contributed by atoms with E-state index < -0.39 is 0 Å². The Morgan fingerprint density at radius 3 is 2.00 bits per heavy atom. The highest BCUT2D eigenvalue weighted by atomic mass is 14.5. The fraction of sp³-hybridized carbons (Fsp3) is 0.846. The molecule has 0 aromatic carbocycles. The summed E-state index contributed by atoms with van der Waals surface area (Å²) in [5.74, 6) is 11.3. The molecule has 1 nitrogen and oxygen atoms in total. The van der Waals surface area contributed by atoms with Gasteiger partial charge in [-0.25, -0.2) is 0 Å². The van der Waals surface area contributed by atoms with Crippen LogP contribution in [-0.4, -0.2) is 6.54 Å². The van der Waals surface area contributed by atoms with Crippen LogP contribution in [0.3, 0.4) is 0 Å². The molecule has 0 aromatic heterocycles. The van der Waals surface area contributed by atoms with Crippen molar-refractivity contribution in [2.75, 3.05) is 6.54 Å². The lowest BCUT2D eigenvalue weighted by atomic mass is 9.52. The molecule has 4 fully saturated rings. The molecule has 0 saturated heterocycles. The van der Waals surface area contributed by atoms with Crippen molar-refractivity contribution in [2.45, 2.75) is 32.1 Å². The smallest absolute Gasteiger partial charge is 0.0551 e. The number of hydrogen-bond donors (Lipinski definition) is 1. The summed E-state index contributed by atoms with van der Waals surface area (Å²) in [6.45, 7) is 0.544. The Kier molecular flexibility index (Phi) is 2.06. The van der Waals surface area contributed by atoms with Gasteiger partial charge in [0.05, 0.1) is 6.54 Å². The van der Waals surface area contributed by atoms with Crippen LogP contribution in [0, 0.1) is 41.4 Å². The van der Waals surface area contributed by atoms with Gasteiger partial charge in [-0.2, -0.15) is 0 Å². The zero-order chi connectivity index (χ0) is 9.54. The number of nitrogens with two attached hydrogens (primary N) is 1. The summed E-state index contributed by atoms with van der Waals surface area (Å²) in [6, 6.07) is 0. The molecule has 0 radical (unpaired) electrons. The Labute approximate surface area is 86.4 Å². The van der Waals surface area contributed by atoms with E-state index >= 15 is 0 Å². The second-order valence-electron chi connectivity index (χ2n) is 5.48. The van der Waals surface area contributed by atoms with Gasteiger partial charge in [0.2, 0.25) is 0 Å². The van der Waals surface area contributed by atoms with Crippen LogP contribution < -0.4 is 5.73 Å². The van der Waals surface area contributed by atoms with Crippen molar-refractivity contribution < 1.29 is 0 Å². The Morgan fingerprint density at radius 2 is 1.50 bits per heavy atom. The lowest BCUT2D eigenvalue weighted by Gasteiger charge is -2.52. The summed E-state index contributed by atoms with van der Waals surface area (Å²) in [5.41, 5.74) is 5.46. The summed E-state index contributed by atoms with van der Waals surface area (Å²) < 4.78 is 0. The van der Waals surface area contributed by atoms with E-state index in [-0.39, 0.29) is 0 Å².